The highest BCUT2D eigenvalue weighted by molar-refractivity contribution is 14.0. The first-order chi connectivity index (χ1) is 11.3. The summed E-state index contributed by atoms with van der Waals surface area (Å²) in [5.41, 5.74) is 2.26. The molecule has 0 aliphatic heterocycles. The fourth-order valence-electron chi connectivity index (χ4n) is 2.07. The maximum absolute atomic E-state index is 12.1. The predicted octanol–water partition coefficient (Wildman–Crippen LogP) is 3.22. The number of halogens is 1. The van der Waals surface area contributed by atoms with E-state index in [-0.39, 0.29) is 28.7 Å². The maximum atomic E-state index is 12.1. The van der Waals surface area contributed by atoms with E-state index >= 15 is 0 Å². The van der Waals surface area contributed by atoms with Crippen molar-refractivity contribution in [2.75, 3.05) is 26.0 Å². The Kier molecular flexibility index (Phi) is 11.3. The first kappa shape index (κ1) is 24.2. The molecule has 0 amide bonds. The third kappa shape index (κ3) is 8.89. The van der Waals surface area contributed by atoms with E-state index in [0.717, 1.165) is 11.3 Å². The summed E-state index contributed by atoms with van der Waals surface area (Å²) in [4.78, 5) is 4.21. The van der Waals surface area contributed by atoms with Gasteiger partial charge in [0.15, 0.2) is 5.96 Å². The minimum atomic E-state index is -0.870. The summed E-state index contributed by atoms with van der Waals surface area (Å²) < 4.78 is 17.6. The number of aryl methyl sites for hydroxylation is 1. The molecule has 25 heavy (non-hydrogen) atoms. The largest absolute Gasteiger partial charge is 0.494 e. The van der Waals surface area contributed by atoms with Crippen molar-refractivity contribution in [3.63, 3.8) is 0 Å². The van der Waals surface area contributed by atoms with Gasteiger partial charge in [-0.15, -0.1) is 24.0 Å². The van der Waals surface area contributed by atoms with Gasteiger partial charge in [-0.1, -0.05) is 12.1 Å². The van der Waals surface area contributed by atoms with Crippen LogP contribution in [0.2, 0.25) is 0 Å². The lowest BCUT2D eigenvalue weighted by Crippen LogP contribution is -2.40. The highest BCUT2D eigenvalue weighted by Crippen LogP contribution is 2.20. The number of aliphatic imine (C=N–C) groups is 1. The Labute approximate surface area is 171 Å². The Balaban J connectivity index is 0.00000576. The number of hydrogen-bond donors (Lipinski definition) is 2. The van der Waals surface area contributed by atoms with E-state index in [4.69, 9.17) is 4.74 Å². The van der Waals surface area contributed by atoms with Crippen LogP contribution in [-0.2, 0) is 17.3 Å². The molecule has 0 saturated heterocycles. The van der Waals surface area contributed by atoms with Crippen LogP contribution in [0.5, 0.6) is 5.75 Å². The fraction of sp³-hybridized carbons (Fsp3) is 0.611. The lowest BCUT2D eigenvalue weighted by Gasteiger charge is -2.19. The molecule has 1 aromatic rings. The molecule has 0 aliphatic carbocycles. The van der Waals surface area contributed by atoms with Crippen LogP contribution in [0.4, 0.5) is 0 Å². The molecule has 0 aliphatic rings. The summed E-state index contributed by atoms with van der Waals surface area (Å²) in [6.45, 7) is 11.9. The van der Waals surface area contributed by atoms with Crippen molar-refractivity contribution in [1.29, 1.82) is 0 Å². The molecule has 0 saturated carbocycles. The normalized spacial score (nSPS) is 13.0. The van der Waals surface area contributed by atoms with Crippen LogP contribution in [0.25, 0.3) is 0 Å². The predicted molar refractivity (Wildman–Crippen MR) is 119 cm³/mol. The van der Waals surface area contributed by atoms with Gasteiger partial charge in [-0.2, -0.15) is 0 Å². The molecule has 1 rings (SSSR count). The fourth-order valence-corrected chi connectivity index (χ4v) is 2.97. The summed E-state index contributed by atoms with van der Waals surface area (Å²) in [7, 11) is 0.861. The average Bonchev–Trinajstić information content (AvgIpc) is 2.51. The van der Waals surface area contributed by atoms with E-state index in [9.17, 15) is 4.21 Å². The Bertz CT molecular complexity index is 586. The molecule has 5 nitrogen and oxygen atoms in total. The zero-order chi connectivity index (χ0) is 18.2. The van der Waals surface area contributed by atoms with Crippen LogP contribution < -0.4 is 15.4 Å². The molecule has 144 valence electrons. The Morgan fingerprint density at radius 2 is 1.96 bits per heavy atom. The van der Waals surface area contributed by atoms with Gasteiger partial charge in [-0.25, -0.2) is 0 Å². The summed E-state index contributed by atoms with van der Waals surface area (Å²) >= 11 is 0. The first-order valence-electron chi connectivity index (χ1n) is 8.33. The van der Waals surface area contributed by atoms with Crippen molar-refractivity contribution in [2.45, 2.75) is 45.9 Å². The third-order valence-electron chi connectivity index (χ3n) is 3.46. The maximum Gasteiger partial charge on any atom is 0.191 e. The molecule has 2 N–H and O–H groups in total. The summed E-state index contributed by atoms with van der Waals surface area (Å²) in [6.07, 6.45) is 0. The van der Waals surface area contributed by atoms with Gasteiger partial charge >= 0.3 is 0 Å². The quantitative estimate of drug-likeness (QED) is 0.357. The Morgan fingerprint density at radius 1 is 1.28 bits per heavy atom. The van der Waals surface area contributed by atoms with Gasteiger partial charge < -0.3 is 15.4 Å². The number of rotatable bonds is 7. The minimum Gasteiger partial charge on any atom is -0.494 e. The van der Waals surface area contributed by atoms with Gasteiger partial charge in [-0.3, -0.25) is 9.20 Å². The van der Waals surface area contributed by atoms with E-state index in [1.165, 1.54) is 5.56 Å². The standard InChI is InChI=1S/C18H31N3O2S.HI/c1-7-23-16-12-14(2)8-9-15(16)13-21-17(19-6)20-10-11-24(22)18(3,4)5;/h8-9,12H,7,10-11,13H2,1-6H3,(H2,19,20,21);1H. The van der Waals surface area contributed by atoms with E-state index in [1.807, 2.05) is 33.8 Å². The first-order valence-corrected chi connectivity index (χ1v) is 9.65. The topological polar surface area (TPSA) is 62.7 Å². The zero-order valence-electron chi connectivity index (χ0n) is 16.1. The van der Waals surface area contributed by atoms with Crippen LogP contribution in [0.15, 0.2) is 23.2 Å². The molecule has 1 aromatic carbocycles. The van der Waals surface area contributed by atoms with Gasteiger partial charge in [-0.05, 0) is 46.2 Å². The second kappa shape index (κ2) is 11.7. The van der Waals surface area contributed by atoms with E-state index in [2.05, 4.69) is 34.7 Å². The summed E-state index contributed by atoms with van der Waals surface area (Å²) in [5.74, 6) is 2.19. The van der Waals surface area contributed by atoms with Crippen LogP contribution in [-0.4, -0.2) is 40.9 Å². The van der Waals surface area contributed by atoms with Crippen molar-refractivity contribution in [1.82, 2.24) is 10.6 Å². The molecule has 0 aromatic heterocycles. The van der Waals surface area contributed by atoms with Gasteiger partial charge in [0.2, 0.25) is 0 Å². The van der Waals surface area contributed by atoms with E-state index in [1.54, 1.807) is 7.05 Å². The zero-order valence-corrected chi connectivity index (χ0v) is 19.3. The van der Waals surface area contributed by atoms with Crippen LogP contribution in [0.3, 0.4) is 0 Å². The molecular weight excluding hydrogens is 449 g/mol. The molecule has 7 heteroatoms. The molecule has 0 heterocycles. The van der Waals surface area contributed by atoms with Gasteiger partial charge in [0, 0.05) is 47.0 Å². The van der Waals surface area contributed by atoms with Crippen LogP contribution in [0.1, 0.15) is 38.8 Å². The number of hydrogen-bond acceptors (Lipinski definition) is 3. The van der Waals surface area contributed by atoms with Crippen molar-refractivity contribution in [2.24, 2.45) is 4.99 Å². The number of nitrogens with one attached hydrogen (secondary N) is 2. The highest BCUT2D eigenvalue weighted by atomic mass is 127. The number of ether oxygens (including phenoxy) is 1. The number of nitrogens with zero attached hydrogens (tertiary/aromatic N) is 1. The second-order valence-corrected chi connectivity index (χ2v) is 8.88. The monoisotopic (exact) mass is 481 g/mol. The highest BCUT2D eigenvalue weighted by Gasteiger charge is 2.18. The van der Waals surface area contributed by atoms with Gasteiger partial charge in [0.05, 0.1) is 6.61 Å². The molecule has 0 spiro atoms. The molecule has 1 unspecified atom stereocenters. The average molecular weight is 481 g/mol. The summed E-state index contributed by atoms with van der Waals surface area (Å²) in [6, 6.07) is 6.18. The van der Waals surface area contributed by atoms with Crippen LogP contribution in [0, 0.1) is 6.92 Å². The Morgan fingerprint density at radius 3 is 2.52 bits per heavy atom. The molecule has 1 atom stereocenters. The van der Waals surface area contributed by atoms with Gasteiger partial charge in [0.1, 0.15) is 5.75 Å². The van der Waals surface area contributed by atoms with Crippen molar-refractivity contribution in [3.8, 4) is 5.75 Å². The summed E-state index contributed by atoms with van der Waals surface area (Å²) in [5, 5.41) is 6.49. The lowest BCUT2D eigenvalue weighted by atomic mass is 10.1. The van der Waals surface area contributed by atoms with Crippen LogP contribution >= 0.6 is 24.0 Å². The third-order valence-corrected chi connectivity index (χ3v) is 5.40. The number of guanidine groups is 1. The van der Waals surface area contributed by atoms with Crippen molar-refractivity contribution >= 4 is 40.7 Å². The molecule has 0 radical (unpaired) electrons. The molecule has 0 fully saturated rings. The van der Waals surface area contributed by atoms with Crippen molar-refractivity contribution in [3.05, 3.63) is 29.3 Å². The smallest absolute Gasteiger partial charge is 0.191 e. The van der Waals surface area contributed by atoms with Crippen molar-refractivity contribution < 1.29 is 8.95 Å². The SMILES string of the molecule is CCOc1cc(C)ccc1CNC(=NC)NCCS(=O)C(C)(C)C.I. The van der Waals surface area contributed by atoms with E-state index in [0.29, 0.717) is 31.4 Å². The lowest BCUT2D eigenvalue weighted by molar-refractivity contribution is 0.336. The minimum absolute atomic E-state index is 0. The second-order valence-electron chi connectivity index (χ2n) is 6.56. The Hall–Kier alpha value is -0.830. The molecule has 0 bridgehead atoms. The molecular formula is C18H32IN3O2S. The van der Waals surface area contributed by atoms with E-state index < -0.39 is 10.8 Å². The van der Waals surface area contributed by atoms with Gasteiger partial charge in [0.25, 0.3) is 0 Å². The number of benzene rings is 1.